The van der Waals surface area contributed by atoms with Crippen molar-refractivity contribution in [2.75, 3.05) is 12.4 Å². The Bertz CT molecular complexity index is 799. The Balaban J connectivity index is 2.25. The molecule has 24 heavy (non-hydrogen) atoms. The molecular weight excluding hydrogens is 300 g/mol. The van der Waals surface area contributed by atoms with Crippen LogP contribution in [-0.4, -0.2) is 13.0 Å². The third kappa shape index (κ3) is 4.23. The number of hydrogen-bond acceptors (Lipinski definition) is 3. The fourth-order valence-electron chi connectivity index (χ4n) is 2.29. The fourth-order valence-corrected chi connectivity index (χ4v) is 2.29. The second-order valence-electron chi connectivity index (χ2n) is 5.42. The number of carbonyl (C=O) groups is 1. The van der Waals surface area contributed by atoms with Crippen LogP contribution in [0.2, 0.25) is 0 Å². The standard InChI is InChI=1S/C20H20N2O2/c1-4-15-6-8-18(9-7-15)22-20(23)17(13-21)12-16-11-14(2)5-10-19(16)24-3/h5-12H,4H2,1-3H3,(H,22,23)/b17-12+. The molecule has 2 aromatic rings. The lowest BCUT2D eigenvalue weighted by molar-refractivity contribution is -0.112. The van der Waals surface area contributed by atoms with E-state index in [0.717, 1.165) is 12.0 Å². The average Bonchev–Trinajstić information content (AvgIpc) is 2.60. The molecule has 122 valence electrons. The first kappa shape index (κ1) is 17.3. The number of aryl methyl sites for hydroxylation is 2. The van der Waals surface area contributed by atoms with E-state index in [1.807, 2.05) is 55.5 Å². The van der Waals surface area contributed by atoms with Gasteiger partial charge in [-0.2, -0.15) is 5.26 Å². The molecule has 0 spiro atoms. The number of carbonyl (C=O) groups excluding carboxylic acids is 1. The van der Waals surface area contributed by atoms with Crippen LogP contribution in [0, 0.1) is 18.3 Å². The van der Waals surface area contributed by atoms with Crippen molar-refractivity contribution in [1.82, 2.24) is 0 Å². The van der Waals surface area contributed by atoms with Gasteiger partial charge in [0, 0.05) is 11.3 Å². The molecule has 4 heteroatoms. The van der Waals surface area contributed by atoms with Gasteiger partial charge in [0.25, 0.3) is 5.91 Å². The zero-order valence-electron chi connectivity index (χ0n) is 14.1. The van der Waals surface area contributed by atoms with E-state index < -0.39 is 5.91 Å². The van der Waals surface area contributed by atoms with Gasteiger partial charge in [-0.1, -0.05) is 30.7 Å². The van der Waals surface area contributed by atoms with Gasteiger partial charge in [0.1, 0.15) is 17.4 Å². The van der Waals surface area contributed by atoms with E-state index in [-0.39, 0.29) is 5.57 Å². The van der Waals surface area contributed by atoms with Crippen molar-refractivity contribution in [3.8, 4) is 11.8 Å². The number of hydrogen-bond donors (Lipinski definition) is 1. The van der Waals surface area contributed by atoms with E-state index in [2.05, 4.69) is 12.2 Å². The smallest absolute Gasteiger partial charge is 0.266 e. The summed E-state index contributed by atoms with van der Waals surface area (Å²) in [5.74, 6) is 0.179. The number of amides is 1. The first-order valence-corrected chi connectivity index (χ1v) is 7.74. The molecule has 0 atom stereocenters. The number of anilines is 1. The maximum absolute atomic E-state index is 12.3. The van der Waals surface area contributed by atoms with Gasteiger partial charge in [0.05, 0.1) is 7.11 Å². The van der Waals surface area contributed by atoms with Crippen molar-refractivity contribution in [2.24, 2.45) is 0 Å². The quantitative estimate of drug-likeness (QED) is 0.666. The Hall–Kier alpha value is -3.06. The van der Waals surface area contributed by atoms with E-state index in [9.17, 15) is 10.1 Å². The molecule has 0 aromatic heterocycles. The Morgan fingerprint density at radius 2 is 1.96 bits per heavy atom. The molecule has 2 aromatic carbocycles. The largest absolute Gasteiger partial charge is 0.496 e. The lowest BCUT2D eigenvalue weighted by atomic mass is 10.1. The lowest BCUT2D eigenvalue weighted by Crippen LogP contribution is -2.13. The maximum atomic E-state index is 12.3. The van der Waals surface area contributed by atoms with E-state index >= 15 is 0 Å². The van der Waals surface area contributed by atoms with Crippen molar-refractivity contribution < 1.29 is 9.53 Å². The topological polar surface area (TPSA) is 62.1 Å². The zero-order chi connectivity index (χ0) is 17.5. The third-order valence-electron chi connectivity index (χ3n) is 3.67. The summed E-state index contributed by atoms with van der Waals surface area (Å²) in [7, 11) is 1.56. The summed E-state index contributed by atoms with van der Waals surface area (Å²) in [4.78, 5) is 12.3. The van der Waals surface area contributed by atoms with E-state index in [1.54, 1.807) is 13.2 Å². The van der Waals surface area contributed by atoms with Crippen molar-refractivity contribution in [1.29, 1.82) is 5.26 Å². The van der Waals surface area contributed by atoms with Crippen LogP contribution in [0.25, 0.3) is 6.08 Å². The number of nitrogens with one attached hydrogen (secondary N) is 1. The average molecular weight is 320 g/mol. The number of rotatable bonds is 5. The van der Waals surface area contributed by atoms with Crippen LogP contribution in [0.3, 0.4) is 0 Å². The Labute approximate surface area is 142 Å². The van der Waals surface area contributed by atoms with Crippen LogP contribution in [0.5, 0.6) is 5.75 Å². The minimum Gasteiger partial charge on any atom is -0.496 e. The third-order valence-corrected chi connectivity index (χ3v) is 3.67. The summed E-state index contributed by atoms with van der Waals surface area (Å²) >= 11 is 0. The van der Waals surface area contributed by atoms with Crippen molar-refractivity contribution >= 4 is 17.7 Å². The molecule has 0 bridgehead atoms. The Kier molecular flexibility index (Phi) is 5.75. The maximum Gasteiger partial charge on any atom is 0.266 e. The number of ether oxygens (including phenoxy) is 1. The molecule has 0 unspecified atom stereocenters. The van der Waals surface area contributed by atoms with E-state index in [1.165, 1.54) is 5.56 Å². The number of benzene rings is 2. The van der Waals surface area contributed by atoms with Crippen LogP contribution >= 0.6 is 0 Å². The molecule has 0 saturated carbocycles. The predicted octanol–water partition coefficient (Wildman–Crippen LogP) is 4.11. The summed E-state index contributed by atoms with van der Waals surface area (Å²) in [6.45, 7) is 4.01. The molecular formula is C20H20N2O2. The van der Waals surface area contributed by atoms with Crippen LogP contribution in [-0.2, 0) is 11.2 Å². The highest BCUT2D eigenvalue weighted by atomic mass is 16.5. The summed E-state index contributed by atoms with van der Waals surface area (Å²) in [5, 5.41) is 12.1. The molecule has 0 saturated heterocycles. The lowest BCUT2D eigenvalue weighted by Gasteiger charge is -2.08. The predicted molar refractivity (Wildman–Crippen MR) is 95.8 cm³/mol. The summed E-state index contributed by atoms with van der Waals surface area (Å²) < 4.78 is 5.28. The molecule has 0 aliphatic carbocycles. The fraction of sp³-hybridized carbons (Fsp3) is 0.200. The molecule has 1 amide bonds. The number of methoxy groups -OCH3 is 1. The summed E-state index contributed by atoms with van der Waals surface area (Å²) in [6, 6.07) is 15.1. The summed E-state index contributed by atoms with van der Waals surface area (Å²) in [6.07, 6.45) is 2.48. The van der Waals surface area contributed by atoms with Gasteiger partial charge in [-0.3, -0.25) is 4.79 Å². The monoisotopic (exact) mass is 320 g/mol. The molecule has 0 aliphatic rings. The first-order valence-electron chi connectivity index (χ1n) is 7.74. The van der Waals surface area contributed by atoms with Gasteiger partial charge in [-0.25, -0.2) is 0 Å². The van der Waals surface area contributed by atoms with Crippen LogP contribution in [0.4, 0.5) is 5.69 Å². The Morgan fingerprint density at radius 1 is 1.25 bits per heavy atom. The molecule has 4 nitrogen and oxygen atoms in total. The van der Waals surface area contributed by atoms with Gasteiger partial charge in [-0.05, 0) is 49.2 Å². The van der Waals surface area contributed by atoms with Crippen LogP contribution in [0.15, 0.2) is 48.0 Å². The van der Waals surface area contributed by atoms with E-state index in [4.69, 9.17) is 4.74 Å². The van der Waals surface area contributed by atoms with E-state index in [0.29, 0.717) is 17.0 Å². The van der Waals surface area contributed by atoms with Gasteiger partial charge >= 0.3 is 0 Å². The van der Waals surface area contributed by atoms with Crippen molar-refractivity contribution in [2.45, 2.75) is 20.3 Å². The van der Waals surface area contributed by atoms with Gasteiger partial charge < -0.3 is 10.1 Å². The highest BCUT2D eigenvalue weighted by Crippen LogP contribution is 2.23. The van der Waals surface area contributed by atoms with Crippen LogP contribution < -0.4 is 10.1 Å². The molecule has 0 radical (unpaired) electrons. The highest BCUT2D eigenvalue weighted by Gasteiger charge is 2.11. The molecule has 0 heterocycles. The minimum absolute atomic E-state index is 0.0264. The van der Waals surface area contributed by atoms with Gasteiger partial charge in [0.2, 0.25) is 0 Å². The van der Waals surface area contributed by atoms with Gasteiger partial charge in [0.15, 0.2) is 0 Å². The molecule has 0 aliphatic heterocycles. The zero-order valence-corrected chi connectivity index (χ0v) is 14.1. The SMILES string of the molecule is CCc1ccc(NC(=O)/C(C#N)=C/c2cc(C)ccc2OC)cc1. The molecule has 0 fully saturated rings. The number of nitrogens with zero attached hydrogens (tertiary/aromatic N) is 1. The van der Waals surface area contributed by atoms with Crippen molar-refractivity contribution in [3.05, 3.63) is 64.7 Å². The summed E-state index contributed by atoms with van der Waals surface area (Å²) in [5.41, 5.74) is 3.60. The minimum atomic E-state index is -0.440. The second-order valence-corrected chi connectivity index (χ2v) is 5.42. The first-order chi connectivity index (χ1) is 11.6. The Morgan fingerprint density at radius 3 is 2.54 bits per heavy atom. The second kappa shape index (κ2) is 7.98. The number of nitriles is 1. The molecule has 2 rings (SSSR count). The van der Waals surface area contributed by atoms with Gasteiger partial charge in [-0.15, -0.1) is 0 Å². The normalized spacial score (nSPS) is 10.8. The molecule has 1 N–H and O–H groups in total. The highest BCUT2D eigenvalue weighted by molar-refractivity contribution is 6.09. The van der Waals surface area contributed by atoms with Crippen molar-refractivity contribution in [3.63, 3.8) is 0 Å². The van der Waals surface area contributed by atoms with Crippen LogP contribution in [0.1, 0.15) is 23.6 Å².